The zero-order valence-electron chi connectivity index (χ0n) is 9.27. The van der Waals surface area contributed by atoms with Gasteiger partial charge in [-0.3, -0.25) is 0 Å². The Labute approximate surface area is 91.1 Å². The lowest BCUT2D eigenvalue weighted by molar-refractivity contribution is 0.691. The standard InChI is InChI=1S/C12H17N3/c1-3-11(9-13)15(4-2)12-7-5-10(14)6-8-12/h5-8,11H,3-4,14H2,1-2H3. The predicted molar refractivity (Wildman–Crippen MR) is 63.6 cm³/mol. The molecule has 0 aliphatic carbocycles. The van der Waals surface area contributed by atoms with Crippen molar-refractivity contribution >= 4 is 11.4 Å². The van der Waals surface area contributed by atoms with Crippen molar-refractivity contribution < 1.29 is 0 Å². The lowest BCUT2D eigenvalue weighted by Crippen LogP contribution is -2.33. The van der Waals surface area contributed by atoms with Gasteiger partial charge in [0.1, 0.15) is 6.04 Å². The van der Waals surface area contributed by atoms with Crippen LogP contribution in [0.5, 0.6) is 0 Å². The summed E-state index contributed by atoms with van der Waals surface area (Å²) < 4.78 is 0. The van der Waals surface area contributed by atoms with Crippen molar-refractivity contribution in [2.75, 3.05) is 17.2 Å². The highest BCUT2D eigenvalue weighted by Gasteiger charge is 2.14. The van der Waals surface area contributed by atoms with Crippen LogP contribution in [0.2, 0.25) is 0 Å². The lowest BCUT2D eigenvalue weighted by atomic mass is 10.1. The molecule has 2 N–H and O–H groups in total. The minimum atomic E-state index is -0.0568. The van der Waals surface area contributed by atoms with Crippen LogP contribution < -0.4 is 10.6 Å². The summed E-state index contributed by atoms with van der Waals surface area (Å²) in [5.74, 6) is 0. The van der Waals surface area contributed by atoms with Crippen LogP contribution >= 0.6 is 0 Å². The number of rotatable bonds is 4. The molecule has 0 amide bonds. The second-order valence-corrected chi connectivity index (χ2v) is 3.43. The second kappa shape index (κ2) is 5.26. The van der Waals surface area contributed by atoms with Crippen LogP contribution in [0.4, 0.5) is 11.4 Å². The third-order valence-electron chi connectivity index (χ3n) is 2.48. The van der Waals surface area contributed by atoms with Crippen LogP contribution in [0.25, 0.3) is 0 Å². The summed E-state index contributed by atoms with van der Waals surface area (Å²) in [5.41, 5.74) is 7.43. The summed E-state index contributed by atoms with van der Waals surface area (Å²) in [4.78, 5) is 2.08. The normalized spacial score (nSPS) is 11.8. The monoisotopic (exact) mass is 203 g/mol. The number of anilines is 2. The Morgan fingerprint density at radius 3 is 2.33 bits per heavy atom. The molecule has 0 fully saturated rings. The first-order valence-electron chi connectivity index (χ1n) is 5.24. The molecule has 0 saturated carbocycles. The second-order valence-electron chi connectivity index (χ2n) is 3.43. The van der Waals surface area contributed by atoms with E-state index in [9.17, 15) is 0 Å². The van der Waals surface area contributed by atoms with Crippen LogP contribution in [-0.2, 0) is 0 Å². The molecule has 0 aliphatic heterocycles. The van der Waals surface area contributed by atoms with Gasteiger partial charge in [0.25, 0.3) is 0 Å². The molecule has 1 rings (SSSR count). The maximum atomic E-state index is 9.03. The first-order valence-corrected chi connectivity index (χ1v) is 5.24. The SMILES string of the molecule is CCC(C#N)N(CC)c1ccc(N)cc1. The molecule has 3 heteroatoms. The number of benzene rings is 1. The first kappa shape index (κ1) is 11.4. The number of hydrogen-bond acceptors (Lipinski definition) is 3. The predicted octanol–water partition coefficient (Wildman–Crippen LogP) is 2.40. The van der Waals surface area contributed by atoms with Gasteiger partial charge in [-0.1, -0.05) is 6.92 Å². The first-order chi connectivity index (χ1) is 7.22. The highest BCUT2D eigenvalue weighted by Crippen LogP contribution is 2.19. The Kier molecular flexibility index (Phi) is 3.99. The van der Waals surface area contributed by atoms with E-state index in [4.69, 9.17) is 11.0 Å². The topological polar surface area (TPSA) is 53.0 Å². The summed E-state index contributed by atoms with van der Waals surface area (Å²) >= 11 is 0. The van der Waals surface area contributed by atoms with Gasteiger partial charge in [0, 0.05) is 17.9 Å². The van der Waals surface area contributed by atoms with E-state index in [0.29, 0.717) is 0 Å². The summed E-state index contributed by atoms with van der Waals surface area (Å²) in [6.07, 6.45) is 0.828. The molecule has 80 valence electrons. The molecule has 1 aromatic carbocycles. The van der Waals surface area contributed by atoms with E-state index in [1.807, 2.05) is 31.2 Å². The fourth-order valence-electron chi connectivity index (χ4n) is 1.63. The minimum Gasteiger partial charge on any atom is -0.399 e. The Morgan fingerprint density at radius 1 is 1.33 bits per heavy atom. The maximum absolute atomic E-state index is 9.03. The van der Waals surface area contributed by atoms with E-state index in [2.05, 4.69) is 17.9 Å². The van der Waals surface area contributed by atoms with Crippen molar-refractivity contribution in [3.8, 4) is 6.07 Å². The molecule has 0 aliphatic rings. The molecule has 0 bridgehead atoms. The zero-order valence-corrected chi connectivity index (χ0v) is 9.27. The van der Waals surface area contributed by atoms with Crippen molar-refractivity contribution in [3.05, 3.63) is 24.3 Å². The highest BCUT2D eigenvalue weighted by atomic mass is 15.2. The average Bonchev–Trinajstić information content (AvgIpc) is 2.27. The molecule has 15 heavy (non-hydrogen) atoms. The summed E-state index contributed by atoms with van der Waals surface area (Å²) in [6, 6.07) is 9.89. The van der Waals surface area contributed by atoms with Crippen LogP contribution in [-0.4, -0.2) is 12.6 Å². The van der Waals surface area contributed by atoms with Crippen LogP contribution in [0, 0.1) is 11.3 Å². The van der Waals surface area contributed by atoms with Gasteiger partial charge >= 0.3 is 0 Å². The molecule has 1 aromatic rings. The Morgan fingerprint density at radius 2 is 1.93 bits per heavy atom. The molecule has 0 heterocycles. The van der Waals surface area contributed by atoms with Crippen molar-refractivity contribution in [2.45, 2.75) is 26.3 Å². The molecular formula is C12H17N3. The molecule has 1 unspecified atom stereocenters. The van der Waals surface area contributed by atoms with E-state index >= 15 is 0 Å². The smallest absolute Gasteiger partial charge is 0.116 e. The van der Waals surface area contributed by atoms with Gasteiger partial charge in [-0.25, -0.2) is 0 Å². The van der Waals surface area contributed by atoms with Gasteiger partial charge in [0.15, 0.2) is 0 Å². The molecule has 0 radical (unpaired) electrons. The quantitative estimate of drug-likeness (QED) is 0.764. The van der Waals surface area contributed by atoms with E-state index in [1.165, 1.54) is 0 Å². The molecular weight excluding hydrogens is 186 g/mol. The summed E-state index contributed by atoms with van der Waals surface area (Å²) in [6.45, 7) is 4.90. The van der Waals surface area contributed by atoms with E-state index in [-0.39, 0.29) is 6.04 Å². The minimum absolute atomic E-state index is 0.0568. The highest BCUT2D eigenvalue weighted by molar-refractivity contribution is 5.54. The fraction of sp³-hybridized carbons (Fsp3) is 0.417. The third kappa shape index (κ3) is 2.63. The van der Waals surface area contributed by atoms with Gasteiger partial charge in [-0.15, -0.1) is 0 Å². The molecule has 0 aromatic heterocycles. The van der Waals surface area contributed by atoms with Gasteiger partial charge < -0.3 is 10.6 Å². The Bertz CT molecular complexity index is 337. The van der Waals surface area contributed by atoms with Gasteiger partial charge in [0.2, 0.25) is 0 Å². The molecule has 0 spiro atoms. The number of nitrogens with two attached hydrogens (primary N) is 1. The van der Waals surface area contributed by atoms with Gasteiger partial charge in [-0.05, 0) is 37.6 Å². The maximum Gasteiger partial charge on any atom is 0.116 e. The van der Waals surface area contributed by atoms with E-state index in [1.54, 1.807) is 0 Å². The van der Waals surface area contributed by atoms with Gasteiger partial charge in [-0.2, -0.15) is 5.26 Å². The van der Waals surface area contributed by atoms with Gasteiger partial charge in [0.05, 0.1) is 6.07 Å². The van der Waals surface area contributed by atoms with E-state index in [0.717, 1.165) is 24.3 Å². The third-order valence-corrected chi connectivity index (χ3v) is 2.48. The summed E-state index contributed by atoms with van der Waals surface area (Å²) in [5, 5.41) is 9.03. The Balaban J connectivity index is 2.92. The lowest BCUT2D eigenvalue weighted by Gasteiger charge is -2.27. The number of nitrogens with zero attached hydrogens (tertiary/aromatic N) is 2. The van der Waals surface area contributed by atoms with Crippen molar-refractivity contribution in [3.63, 3.8) is 0 Å². The van der Waals surface area contributed by atoms with Crippen LogP contribution in [0.1, 0.15) is 20.3 Å². The zero-order chi connectivity index (χ0) is 11.3. The van der Waals surface area contributed by atoms with Crippen molar-refractivity contribution in [1.29, 1.82) is 5.26 Å². The largest absolute Gasteiger partial charge is 0.399 e. The molecule has 1 atom stereocenters. The molecule has 0 saturated heterocycles. The van der Waals surface area contributed by atoms with Crippen LogP contribution in [0.15, 0.2) is 24.3 Å². The number of nitrogen functional groups attached to an aromatic ring is 1. The fourth-order valence-corrected chi connectivity index (χ4v) is 1.63. The van der Waals surface area contributed by atoms with E-state index < -0.39 is 0 Å². The number of nitriles is 1. The van der Waals surface area contributed by atoms with Crippen molar-refractivity contribution in [1.82, 2.24) is 0 Å². The average molecular weight is 203 g/mol. The summed E-state index contributed by atoms with van der Waals surface area (Å²) in [7, 11) is 0. The molecule has 3 nitrogen and oxygen atoms in total. The Hall–Kier alpha value is -1.69. The number of hydrogen-bond donors (Lipinski definition) is 1. The van der Waals surface area contributed by atoms with Crippen LogP contribution in [0.3, 0.4) is 0 Å². The van der Waals surface area contributed by atoms with Crippen molar-refractivity contribution in [2.24, 2.45) is 0 Å².